The van der Waals surface area contributed by atoms with E-state index in [9.17, 15) is 15.2 Å². The molecule has 3 atom stereocenters. The zero-order valence-electron chi connectivity index (χ0n) is 11.7. The molecule has 1 aromatic carbocycles. The van der Waals surface area contributed by atoms with Crippen LogP contribution in [-0.4, -0.2) is 22.2 Å². The first-order valence-electron chi connectivity index (χ1n) is 6.58. The Labute approximate surface area is 126 Å². The van der Waals surface area contributed by atoms with Crippen molar-refractivity contribution in [2.45, 2.75) is 45.8 Å². The van der Waals surface area contributed by atoms with Crippen LogP contribution in [0, 0.1) is 22.5 Å². The lowest BCUT2D eigenvalue weighted by molar-refractivity contribution is -0.386. The van der Waals surface area contributed by atoms with Crippen LogP contribution in [0.2, 0.25) is 0 Å². The van der Waals surface area contributed by atoms with Crippen molar-refractivity contribution in [2.75, 3.05) is 0 Å². The molecule has 3 unspecified atom stereocenters. The van der Waals surface area contributed by atoms with Gasteiger partial charge in [-0.05, 0) is 25.0 Å². The van der Waals surface area contributed by atoms with E-state index in [-0.39, 0.29) is 17.2 Å². The van der Waals surface area contributed by atoms with E-state index in [2.05, 4.69) is 15.9 Å². The van der Waals surface area contributed by atoms with Crippen molar-refractivity contribution in [3.63, 3.8) is 0 Å². The highest BCUT2D eigenvalue weighted by Gasteiger charge is 2.52. The minimum absolute atomic E-state index is 0.0447. The van der Waals surface area contributed by atoms with Crippen LogP contribution in [0.15, 0.2) is 16.6 Å². The van der Waals surface area contributed by atoms with Gasteiger partial charge in [-0.2, -0.15) is 0 Å². The van der Waals surface area contributed by atoms with Crippen LogP contribution in [-0.2, 0) is 0 Å². The predicted molar refractivity (Wildman–Crippen MR) is 79.0 cm³/mol. The molecular formula is C14H18BrNO4. The molecule has 0 aliphatic heterocycles. The van der Waals surface area contributed by atoms with E-state index < -0.39 is 11.0 Å². The smallest absolute Gasteiger partial charge is 0.312 e. The van der Waals surface area contributed by atoms with E-state index >= 15 is 0 Å². The molecule has 6 heteroatoms. The van der Waals surface area contributed by atoms with Crippen molar-refractivity contribution in [3.8, 4) is 5.75 Å². The molecule has 1 aliphatic rings. The van der Waals surface area contributed by atoms with Crippen LogP contribution in [0.25, 0.3) is 0 Å². The van der Waals surface area contributed by atoms with Gasteiger partial charge in [-0.25, -0.2) is 0 Å². The Morgan fingerprint density at radius 1 is 1.60 bits per heavy atom. The summed E-state index contributed by atoms with van der Waals surface area (Å²) >= 11 is 3.26. The molecule has 0 heterocycles. The van der Waals surface area contributed by atoms with Gasteiger partial charge >= 0.3 is 5.69 Å². The first kappa shape index (κ1) is 15.3. The van der Waals surface area contributed by atoms with Crippen LogP contribution in [0.1, 0.15) is 32.3 Å². The summed E-state index contributed by atoms with van der Waals surface area (Å²) in [5.74, 6) is 0.301. The molecule has 110 valence electrons. The number of aliphatic hydroxyl groups is 1. The van der Waals surface area contributed by atoms with Gasteiger partial charge in [0, 0.05) is 22.4 Å². The molecule has 1 fully saturated rings. The normalized spacial score (nSPS) is 28.9. The highest BCUT2D eigenvalue weighted by Crippen LogP contribution is 2.47. The largest absolute Gasteiger partial charge is 0.483 e. The lowest BCUT2D eigenvalue weighted by atomic mass is 9.63. The first-order chi connectivity index (χ1) is 9.29. The minimum Gasteiger partial charge on any atom is -0.483 e. The van der Waals surface area contributed by atoms with Gasteiger partial charge in [-0.3, -0.25) is 10.1 Å². The Bertz CT molecular complexity index is 548. The molecule has 0 radical (unpaired) electrons. The second-order valence-electron chi connectivity index (χ2n) is 5.55. The molecular weight excluding hydrogens is 326 g/mol. The summed E-state index contributed by atoms with van der Waals surface area (Å²) < 4.78 is 6.54. The number of benzene rings is 1. The van der Waals surface area contributed by atoms with Crippen LogP contribution in [0.5, 0.6) is 5.75 Å². The number of hydrogen-bond acceptors (Lipinski definition) is 4. The average molecular weight is 344 g/mol. The molecule has 20 heavy (non-hydrogen) atoms. The third kappa shape index (κ3) is 2.42. The molecule has 0 amide bonds. The van der Waals surface area contributed by atoms with E-state index in [0.29, 0.717) is 22.2 Å². The maximum Gasteiger partial charge on any atom is 0.312 e. The third-order valence-corrected chi connectivity index (χ3v) is 4.83. The summed E-state index contributed by atoms with van der Waals surface area (Å²) in [6.07, 6.45) is 0.674. The van der Waals surface area contributed by atoms with Gasteiger partial charge in [0.1, 0.15) is 6.10 Å². The number of hydrogen-bond donors (Lipinski definition) is 1. The van der Waals surface area contributed by atoms with Gasteiger partial charge in [-0.15, -0.1) is 0 Å². The molecule has 2 rings (SSSR count). The second kappa shape index (κ2) is 5.33. The zero-order valence-corrected chi connectivity index (χ0v) is 13.3. The lowest BCUT2D eigenvalue weighted by Gasteiger charge is -2.50. The SMILES string of the molecule is CCC1(C)C(O)CC1Oc1c(C)cc(Br)cc1[N+](=O)[O-]. The van der Waals surface area contributed by atoms with Gasteiger partial charge in [0.05, 0.1) is 11.0 Å². The number of aryl methyl sites for hydroxylation is 1. The van der Waals surface area contributed by atoms with E-state index in [1.165, 1.54) is 6.07 Å². The summed E-state index contributed by atoms with van der Waals surface area (Å²) in [5.41, 5.74) is 0.329. The van der Waals surface area contributed by atoms with Crippen molar-refractivity contribution < 1.29 is 14.8 Å². The van der Waals surface area contributed by atoms with E-state index in [1.54, 1.807) is 13.0 Å². The van der Waals surface area contributed by atoms with Crippen LogP contribution in [0.3, 0.4) is 0 Å². The third-order valence-electron chi connectivity index (χ3n) is 4.37. The quantitative estimate of drug-likeness (QED) is 0.669. The van der Waals surface area contributed by atoms with Crippen molar-refractivity contribution in [1.29, 1.82) is 0 Å². The Balaban J connectivity index is 2.33. The summed E-state index contributed by atoms with van der Waals surface area (Å²) in [7, 11) is 0. The predicted octanol–water partition coefficient (Wildman–Crippen LogP) is 3.59. The maximum atomic E-state index is 11.2. The average Bonchev–Trinajstić information content (AvgIpc) is 2.38. The summed E-state index contributed by atoms with van der Waals surface area (Å²) in [6, 6.07) is 3.24. The molecule has 1 aromatic rings. The van der Waals surface area contributed by atoms with Gasteiger partial charge in [0.15, 0.2) is 5.75 Å². The highest BCUT2D eigenvalue weighted by molar-refractivity contribution is 9.10. The van der Waals surface area contributed by atoms with Crippen molar-refractivity contribution >= 4 is 21.6 Å². The lowest BCUT2D eigenvalue weighted by Crippen LogP contribution is -2.57. The molecule has 0 spiro atoms. The Kier molecular flexibility index (Phi) is 4.07. The number of aliphatic hydroxyl groups excluding tert-OH is 1. The summed E-state index contributed by atoms with van der Waals surface area (Å²) in [5, 5.41) is 21.1. The standard InChI is InChI=1S/C14H18BrNO4/c1-4-14(3)11(17)7-12(14)20-13-8(2)5-9(15)6-10(13)16(18)19/h5-6,11-12,17H,4,7H2,1-3H3. The zero-order chi connectivity index (χ0) is 15.1. The molecule has 1 N–H and O–H groups in total. The number of nitrogens with zero attached hydrogens (tertiary/aromatic N) is 1. The monoisotopic (exact) mass is 343 g/mol. The van der Waals surface area contributed by atoms with Crippen LogP contribution in [0.4, 0.5) is 5.69 Å². The number of ether oxygens (including phenoxy) is 1. The fourth-order valence-electron chi connectivity index (χ4n) is 2.58. The number of halogens is 1. The Morgan fingerprint density at radius 2 is 2.25 bits per heavy atom. The minimum atomic E-state index is -0.439. The van der Waals surface area contributed by atoms with E-state index in [1.807, 2.05) is 13.8 Å². The number of rotatable bonds is 4. The summed E-state index contributed by atoms with van der Waals surface area (Å²) in [4.78, 5) is 10.7. The Hall–Kier alpha value is -1.14. The van der Waals surface area contributed by atoms with Gasteiger partial charge in [0.2, 0.25) is 0 Å². The first-order valence-corrected chi connectivity index (χ1v) is 7.38. The fraction of sp³-hybridized carbons (Fsp3) is 0.571. The fourth-order valence-corrected chi connectivity index (χ4v) is 3.14. The molecule has 1 saturated carbocycles. The topological polar surface area (TPSA) is 72.6 Å². The van der Waals surface area contributed by atoms with E-state index in [4.69, 9.17) is 4.74 Å². The highest BCUT2D eigenvalue weighted by atomic mass is 79.9. The van der Waals surface area contributed by atoms with Crippen molar-refractivity contribution in [2.24, 2.45) is 5.41 Å². The molecule has 0 saturated heterocycles. The van der Waals surface area contributed by atoms with Crippen LogP contribution >= 0.6 is 15.9 Å². The summed E-state index contributed by atoms with van der Waals surface area (Å²) in [6.45, 7) is 5.72. The molecule has 5 nitrogen and oxygen atoms in total. The van der Waals surface area contributed by atoms with Crippen LogP contribution < -0.4 is 4.74 Å². The maximum absolute atomic E-state index is 11.2. The van der Waals surface area contributed by atoms with Crippen molar-refractivity contribution in [1.82, 2.24) is 0 Å². The van der Waals surface area contributed by atoms with Crippen molar-refractivity contribution in [3.05, 3.63) is 32.3 Å². The van der Waals surface area contributed by atoms with Gasteiger partial charge in [-0.1, -0.05) is 29.8 Å². The van der Waals surface area contributed by atoms with E-state index in [0.717, 1.165) is 6.42 Å². The number of nitro benzene ring substituents is 1. The second-order valence-corrected chi connectivity index (χ2v) is 6.46. The van der Waals surface area contributed by atoms with Gasteiger partial charge < -0.3 is 9.84 Å². The number of nitro groups is 1. The molecule has 1 aliphatic carbocycles. The molecule has 0 bridgehead atoms. The van der Waals surface area contributed by atoms with Gasteiger partial charge in [0.25, 0.3) is 0 Å². The molecule has 0 aromatic heterocycles. The Morgan fingerprint density at radius 3 is 2.75 bits per heavy atom.